The van der Waals surface area contributed by atoms with Crippen LogP contribution in [0.5, 0.6) is 0 Å². The van der Waals surface area contributed by atoms with Crippen LogP contribution >= 0.6 is 23.2 Å². The fourth-order valence-electron chi connectivity index (χ4n) is 2.43. The van der Waals surface area contributed by atoms with Crippen molar-refractivity contribution in [3.8, 4) is 0 Å². The van der Waals surface area contributed by atoms with E-state index in [1.807, 2.05) is 0 Å². The predicted molar refractivity (Wildman–Crippen MR) is 110 cm³/mol. The number of carbonyl (C=O) groups is 1. The molecule has 8 nitrogen and oxygen atoms in total. The third-order valence-corrected chi connectivity index (χ3v) is 5.63. The van der Waals surface area contributed by atoms with E-state index in [0.717, 1.165) is 10.6 Å². The van der Waals surface area contributed by atoms with Crippen molar-refractivity contribution in [1.82, 2.24) is 0 Å². The van der Waals surface area contributed by atoms with E-state index in [1.54, 1.807) is 0 Å². The average molecular weight is 446 g/mol. The molecule has 0 heterocycles. The Hall–Kier alpha value is -2.36. The molecule has 2 aromatic rings. The second-order valence-electron chi connectivity index (χ2n) is 5.89. The van der Waals surface area contributed by atoms with Gasteiger partial charge in [0, 0.05) is 30.8 Å². The Balaban J connectivity index is 2.00. The van der Waals surface area contributed by atoms with Crippen molar-refractivity contribution in [1.29, 1.82) is 0 Å². The summed E-state index contributed by atoms with van der Waals surface area (Å²) in [7, 11) is -3.59. The molecule has 150 valence electrons. The number of nitro benzene ring substituents is 1. The summed E-state index contributed by atoms with van der Waals surface area (Å²) in [5, 5.41) is 13.8. The smallest absolute Gasteiger partial charge is 0.271 e. The summed E-state index contributed by atoms with van der Waals surface area (Å²) in [5.74, 6) is -0.386. The molecule has 0 unspecified atom stereocenters. The number of nitro groups is 1. The monoisotopic (exact) mass is 445 g/mol. The fraction of sp³-hybridized carbons (Fsp3) is 0.235. The third kappa shape index (κ3) is 6.08. The lowest BCUT2D eigenvalue weighted by Gasteiger charge is -2.22. The number of carbonyl (C=O) groups excluding carboxylic acids is 1. The zero-order valence-electron chi connectivity index (χ0n) is 14.8. The number of sulfonamides is 1. The Labute approximate surface area is 172 Å². The Morgan fingerprint density at radius 3 is 2.50 bits per heavy atom. The van der Waals surface area contributed by atoms with Gasteiger partial charge < -0.3 is 5.32 Å². The molecular formula is C17H17Cl2N3O5S. The van der Waals surface area contributed by atoms with Gasteiger partial charge in [-0.3, -0.25) is 19.2 Å². The van der Waals surface area contributed by atoms with Gasteiger partial charge in [-0.05, 0) is 30.7 Å². The molecule has 0 aromatic heterocycles. The number of halogens is 2. The summed E-state index contributed by atoms with van der Waals surface area (Å²) in [5.41, 5.74) is 0.500. The summed E-state index contributed by atoms with van der Waals surface area (Å²) < 4.78 is 25.3. The highest BCUT2D eigenvalue weighted by Crippen LogP contribution is 2.28. The van der Waals surface area contributed by atoms with Crippen molar-refractivity contribution in [2.24, 2.45) is 0 Å². The highest BCUT2D eigenvalue weighted by Gasteiger charge is 2.18. The molecule has 2 rings (SSSR count). The number of benzene rings is 2. The fourth-order valence-corrected chi connectivity index (χ4v) is 3.68. The number of rotatable bonds is 8. The minimum Gasteiger partial charge on any atom is -0.326 e. The quantitative estimate of drug-likeness (QED) is 0.485. The van der Waals surface area contributed by atoms with Crippen LogP contribution in [0.4, 0.5) is 17.1 Å². The maximum Gasteiger partial charge on any atom is 0.271 e. The van der Waals surface area contributed by atoms with Gasteiger partial charge in [-0.2, -0.15) is 0 Å². The van der Waals surface area contributed by atoms with Gasteiger partial charge in [-0.1, -0.05) is 29.3 Å². The van der Waals surface area contributed by atoms with Crippen LogP contribution in [-0.2, 0) is 14.8 Å². The first kappa shape index (κ1) is 21.9. The summed E-state index contributed by atoms with van der Waals surface area (Å²) in [6.07, 6.45) is 1.31. The first-order chi connectivity index (χ1) is 13.1. The van der Waals surface area contributed by atoms with E-state index in [9.17, 15) is 23.3 Å². The molecule has 0 saturated carbocycles. The van der Waals surface area contributed by atoms with Crippen LogP contribution < -0.4 is 9.62 Å². The highest BCUT2D eigenvalue weighted by molar-refractivity contribution is 7.92. The first-order valence-corrected chi connectivity index (χ1v) is 10.7. The van der Waals surface area contributed by atoms with Gasteiger partial charge in [0.1, 0.15) is 0 Å². The standard InChI is InChI=1S/C17H17Cl2N3O5S/c1-28(26,27)21(13-7-8-15(18)16(19)11-13)9-3-6-17(23)20-12-4-2-5-14(10-12)22(24)25/h2,4-5,7-8,10-11H,3,6,9H2,1H3,(H,20,23). The van der Waals surface area contributed by atoms with E-state index in [-0.39, 0.29) is 36.0 Å². The van der Waals surface area contributed by atoms with Crippen LogP contribution in [0.1, 0.15) is 12.8 Å². The van der Waals surface area contributed by atoms with Gasteiger partial charge in [0.05, 0.1) is 26.9 Å². The lowest BCUT2D eigenvalue weighted by Crippen LogP contribution is -2.31. The highest BCUT2D eigenvalue weighted by atomic mass is 35.5. The zero-order valence-corrected chi connectivity index (χ0v) is 17.1. The summed E-state index contributed by atoms with van der Waals surface area (Å²) in [4.78, 5) is 22.3. The van der Waals surface area contributed by atoms with E-state index in [4.69, 9.17) is 23.2 Å². The van der Waals surface area contributed by atoms with E-state index in [0.29, 0.717) is 16.4 Å². The molecule has 0 aliphatic rings. The van der Waals surface area contributed by atoms with Crippen molar-refractivity contribution in [2.45, 2.75) is 12.8 Å². The SMILES string of the molecule is CS(=O)(=O)N(CCCC(=O)Nc1cccc([N+](=O)[O-])c1)c1ccc(Cl)c(Cl)c1. The molecule has 1 N–H and O–H groups in total. The van der Waals surface area contributed by atoms with Gasteiger partial charge >= 0.3 is 0 Å². The molecule has 1 amide bonds. The minimum atomic E-state index is -3.59. The Morgan fingerprint density at radius 1 is 1.18 bits per heavy atom. The minimum absolute atomic E-state index is 0.0238. The molecule has 0 aliphatic carbocycles. The Bertz CT molecular complexity index is 998. The third-order valence-electron chi connectivity index (χ3n) is 3.70. The normalized spacial score (nSPS) is 11.1. The lowest BCUT2D eigenvalue weighted by molar-refractivity contribution is -0.384. The van der Waals surface area contributed by atoms with Crippen molar-refractivity contribution >= 4 is 56.2 Å². The van der Waals surface area contributed by atoms with Crippen molar-refractivity contribution in [3.63, 3.8) is 0 Å². The maximum atomic E-state index is 12.1. The molecule has 0 bridgehead atoms. The number of hydrogen-bond donors (Lipinski definition) is 1. The van der Waals surface area contributed by atoms with Gasteiger partial charge in [0.25, 0.3) is 5.69 Å². The van der Waals surface area contributed by atoms with Crippen LogP contribution in [0, 0.1) is 10.1 Å². The molecule has 0 atom stereocenters. The topological polar surface area (TPSA) is 110 Å². The number of nitrogens with zero attached hydrogens (tertiary/aromatic N) is 2. The van der Waals surface area contributed by atoms with Crippen molar-refractivity contribution in [2.75, 3.05) is 22.4 Å². The van der Waals surface area contributed by atoms with E-state index in [1.165, 1.54) is 42.5 Å². The van der Waals surface area contributed by atoms with Crippen LogP contribution in [0.2, 0.25) is 10.0 Å². The van der Waals surface area contributed by atoms with Crippen molar-refractivity contribution < 1.29 is 18.1 Å². The Morgan fingerprint density at radius 2 is 1.89 bits per heavy atom. The van der Waals surface area contributed by atoms with Gasteiger partial charge in [0.2, 0.25) is 15.9 Å². The molecule has 0 spiro atoms. The summed E-state index contributed by atoms with van der Waals surface area (Å²) in [6, 6.07) is 10.0. The number of amides is 1. The number of hydrogen-bond acceptors (Lipinski definition) is 5. The summed E-state index contributed by atoms with van der Waals surface area (Å²) in [6.45, 7) is 0.0547. The Kier molecular flexibility index (Phi) is 7.22. The van der Waals surface area contributed by atoms with Crippen LogP contribution in [0.15, 0.2) is 42.5 Å². The van der Waals surface area contributed by atoms with Crippen LogP contribution in [0.3, 0.4) is 0 Å². The molecule has 28 heavy (non-hydrogen) atoms. The maximum absolute atomic E-state index is 12.1. The number of non-ortho nitro benzene ring substituents is 1. The zero-order chi connectivity index (χ0) is 20.9. The molecule has 0 aliphatic heterocycles. The second kappa shape index (κ2) is 9.22. The number of anilines is 2. The molecule has 0 saturated heterocycles. The average Bonchev–Trinajstić information content (AvgIpc) is 2.60. The van der Waals surface area contributed by atoms with E-state index >= 15 is 0 Å². The lowest BCUT2D eigenvalue weighted by atomic mass is 10.2. The van der Waals surface area contributed by atoms with Crippen LogP contribution in [-0.4, -0.2) is 32.0 Å². The molecule has 2 aromatic carbocycles. The van der Waals surface area contributed by atoms with Crippen LogP contribution in [0.25, 0.3) is 0 Å². The number of nitrogens with one attached hydrogen (secondary N) is 1. The second-order valence-corrected chi connectivity index (χ2v) is 8.61. The first-order valence-electron chi connectivity index (χ1n) is 8.05. The van der Waals surface area contributed by atoms with Gasteiger partial charge in [-0.15, -0.1) is 0 Å². The van der Waals surface area contributed by atoms with Gasteiger partial charge in [-0.25, -0.2) is 8.42 Å². The summed E-state index contributed by atoms with van der Waals surface area (Å²) >= 11 is 11.8. The van der Waals surface area contributed by atoms with E-state index in [2.05, 4.69) is 5.32 Å². The van der Waals surface area contributed by atoms with Gasteiger partial charge in [0.15, 0.2) is 0 Å². The molecule has 0 fully saturated rings. The van der Waals surface area contributed by atoms with E-state index < -0.39 is 14.9 Å². The molecule has 0 radical (unpaired) electrons. The molecular weight excluding hydrogens is 429 g/mol. The van der Waals surface area contributed by atoms with Crippen molar-refractivity contribution in [3.05, 3.63) is 62.6 Å². The molecule has 11 heteroatoms. The largest absolute Gasteiger partial charge is 0.326 e. The predicted octanol–water partition coefficient (Wildman–Crippen LogP) is 4.09.